The van der Waals surface area contributed by atoms with Crippen molar-refractivity contribution in [3.05, 3.63) is 0 Å². The molecular formula is C5H14N2. The molecule has 0 aromatic rings. The van der Waals surface area contributed by atoms with E-state index in [0.717, 1.165) is 6.54 Å². The second-order valence-corrected chi connectivity index (χ2v) is 1.70. The van der Waals surface area contributed by atoms with E-state index in [-0.39, 0.29) is 6.52 Å². The maximum atomic E-state index is 7.29. The number of hydrogen-bond donors (Lipinski definition) is 1. The van der Waals surface area contributed by atoms with Gasteiger partial charge < -0.3 is 10.2 Å². The first-order valence-electron chi connectivity index (χ1n) is 2.99. The average Bonchev–Trinajstić information content (AvgIpc) is 1.67. The first-order valence-corrected chi connectivity index (χ1v) is 2.41. The van der Waals surface area contributed by atoms with Gasteiger partial charge in [0.2, 0.25) is 0 Å². The van der Waals surface area contributed by atoms with Crippen LogP contribution in [0.15, 0.2) is 0 Å². The van der Waals surface area contributed by atoms with Gasteiger partial charge in [0.05, 0.1) is 0 Å². The second kappa shape index (κ2) is 4.09. The van der Waals surface area contributed by atoms with Gasteiger partial charge in [-0.25, -0.2) is 0 Å². The Morgan fingerprint density at radius 2 is 2.29 bits per heavy atom. The highest BCUT2D eigenvalue weighted by molar-refractivity contribution is 4.42. The number of rotatable bonds is 3. The van der Waals surface area contributed by atoms with Crippen LogP contribution in [0.2, 0.25) is 0 Å². The van der Waals surface area contributed by atoms with Crippen molar-refractivity contribution < 1.29 is 1.37 Å². The van der Waals surface area contributed by atoms with E-state index < -0.39 is 0 Å². The van der Waals surface area contributed by atoms with Crippen molar-refractivity contribution >= 4 is 0 Å². The number of nitrogens with one attached hydrogen (secondary N) is 1. The molecule has 1 unspecified atom stereocenters. The summed E-state index contributed by atoms with van der Waals surface area (Å²) in [5.74, 6) is 0. The van der Waals surface area contributed by atoms with Gasteiger partial charge in [-0.05, 0) is 21.1 Å². The van der Waals surface area contributed by atoms with Crippen molar-refractivity contribution in [3.63, 3.8) is 0 Å². The van der Waals surface area contributed by atoms with Crippen LogP contribution in [0.3, 0.4) is 0 Å². The third-order valence-corrected chi connectivity index (χ3v) is 0.661. The summed E-state index contributed by atoms with van der Waals surface area (Å²) in [6.07, 6.45) is 0. The molecule has 0 spiro atoms. The highest BCUT2D eigenvalue weighted by Crippen LogP contribution is 1.66. The summed E-state index contributed by atoms with van der Waals surface area (Å²) in [5.41, 5.74) is 0. The van der Waals surface area contributed by atoms with Gasteiger partial charge in [0.25, 0.3) is 0 Å². The van der Waals surface area contributed by atoms with Crippen molar-refractivity contribution in [2.45, 2.75) is 0 Å². The van der Waals surface area contributed by atoms with Crippen LogP contribution in [-0.2, 0) is 0 Å². The molecule has 0 fully saturated rings. The van der Waals surface area contributed by atoms with Crippen LogP contribution in [0.1, 0.15) is 1.37 Å². The van der Waals surface area contributed by atoms with Gasteiger partial charge in [0, 0.05) is 14.4 Å². The molecule has 44 valence electrons. The molecule has 2 heteroatoms. The Kier molecular flexibility index (Phi) is 2.96. The highest BCUT2D eigenvalue weighted by atomic mass is 15.1. The van der Waals surface area contributed by atoms with Gasteiger partial charge in [-0.15, -0.1) is 0 Å². The van der Waals surface area contributed by atoms with Crippen LogP contribution >= 0.6 is 0 Å². The standard InChI is InChI=1S/C5H14N2/c1-6-4-5-7(2)3/h6H,4-5H2,1-3H3/i5D. The van der Waals surface area contributed by atoms with Crippen LogP contribution in [-0.4, -0.2) is 39.1 Å². The molecule has 0 bridgehead atoms. The first-order chi connectivity index (χ1) is 3.68. The molecule has 0 aromatic heterocycles. The zero-order valence-electron chi connectivity index (χ0n) is 6.23. The van der Waals surface area contributed by atoms with E-state index >= 15 is 0 Å². The average molecular weight is 103 g/mol. The molecule has 0 aromatic carbocycles. The van der Waals surface area contributed by atoms with Gasteiger partial charge >= 0.3 is 0 Å². The third kappa shape index (κ3) is 5.92. The van der Waals surface area contributed by atoms with Crippen LogP contribution < -0.4 is 5.32 Å². The lowest BCUT2D eigenvalue weighted by Gasteiger charge is -2.06. The zero-order chi connectivity index (χ0) is 6.57. The topological polar surface area (TPSA) is 15.3 Å². The van der Waals surface area contributed by atoms with E-state index in [1.54, 1.807) is 0 Å². The molecular weight excluding hydrogens is 88.1 g/mol. The summed E-state index contributed by atoms with van der Waals surface area (Å²) in [6, 6.07) is 0. The Bertz CT molecular complexity index is 56.4. The predicted octanol–water partition coefficient (Wildman–Crippen LogP) is -0.233. The number of hydrogen-bond acceptors (Lipinski definition) is 2. The Morgan fingerprint density at radius 3 is 2.43 bits per heavy atom. The first kappa shape index (κ1) is 5.06. The molecule has 1 N–H and O–H groups in total. The van der Waals surface area contributed by atoms with E-state index in [1.807, 2.05) is 26.0 Å². The van der Waals surface area contributed by atoms with Crippen molar-refractivity contribution in [1.82, 2.24) is 10.2 Å². The fourth-order valence-corrected chi connectivity index (χ4v) is 0.274. The molecule has 0 amide bonds. The Balaban J connectivity index is 3.17. The van der Waals surface area contributed by atoms with Crippen LogP contribution in [0.25, 0.3) is 0 Å². The molecule has 1 atom stereocenters. The number of likely N-dealkylation sites (N-methyl/N-ethyl adjacent to an activating group) is 2. The molecule has 0 aliphatic carbocycles. The zero-order valence-corrected chi connectivity index (χ0v) is 5.23. The van der Waals surface area contributed by atoms with Crippen molar-refractivity contribution in [1.29, 1.82) is 0 Å². The Morgan fingerprint density at radius 1 is 1.71 bits per heavy atom. The fourth-order valence-electron chi connectivity index (χ4n) is 0.274. The van der Waals surface area contributed by atoms with Crippen molar-refractivity contribution in [3.8, 4) is 0 Å². The van der Waals surface area contributed by atoms with Gasteiger partial charge in [0.1, 0.15) is 0 Å². The molecule has 7 heavy (non-hydrogen) atoms. The molecule has 0 saturated carbocycles. The molecule has 0 radical (unpaired) electrons. The molecule has 0 rings (SSSR count). The van der Waals surface area contributed by atoms with E-state index in [4.69, 9.17) is 1.37 Å². The summed E-state index contributed by atoms with van der Waals surface area (Å²) in [4.78, 5) is 1.86. The van der Waals surface area contributed by atoms with Gasteiger partial charge in [-0.3, -0.25) is 0 Å². The van der Waals surface area contributed by atoms with Crippen LogP contribution in [0, 0.1) is 0 Å². The summed E-state index contributed by atoms with van der Waals surface area (Å²) in [5, 5.41) is 2.92. The van der Waals surface area contributed by atoms with E-state index in [1.165, 1.54) is 0 Å². The lowest BCUT2D eigenvalue weighted by atomic mass is 10.6. The highest BCUT2D eigenvalue weighted by Gasteiger charge is 1.82. The van der Waals surface area contributed by atoms with E-state index in [9.17, 15) is 0 Å². The minimum absolute atomic E-state index is 0.111. The quantitative estimate of drug-likeness (QED) is 0.530. The largest absolute Gasteiger partial charge is 0.318 e. The van der Waals surface area contributed by atoms with Gasteiger partial charge in [0.15, 0.2) is 0 Å². The fraction of sp³-hybridized carbons (Fsp3) is 1.00. The molecule has 0 aliphatic heterocycles. The maximum Gasteiger partial charge on any atom is 0.0444 e. The molecule has 0 saturated heterocycles. The second-order valence-electron chi connectivity index (χ2n) is 1.70. The minimum atomic E-state index is -0.111. The smallest absolute Gasteiger partial charge is 0.0444 e. The van der Waals surface area contributed by atoms with Gasteiger partial charge in [-0.2, -0.15) is 0 Å². The number of nitrogens with zero attached hydrogens (tertiary/aromatic N) is 1. The summed E-state index contributed by atoms with van der Waals surface area (Å²) < 4.78 is 7.29. The normalized spacial score (nSPS) is 16.9. The van der Waals surface area contributed by atoms with E-state index in [0.29, 0.717) is 0 Å². The lowest BCUT2D eigenvalue weighted by Crippen LogP contribution is -2.23. The summed E-state index contributed by atoms with van der Waals surface area (Å²) in [7, 11) is 5.65. The molecule has 0 aliphatic rings. The third-order valence-electron chi connectivity index (χ3n) is 0.661. The summed E-state index contributed by atoms with van der Waals surface area (Å²) >= 11 is 0. The predicted molar refractivity (Wildman–Crippen MR) is 32.5 cm³/mol. The molecule has 0 heterocycles. The molecule has 2 nitrogen and oxygen atoms in total. The van der Waals surface area contributed by atoms with Gasteiger partial charge in [-0.1, -0.05) is 0 Å². The summed E-state index contributed by atoms with van der Waals surface area (Å²) in [6.45, 7) is 0.618. The van der Waals surface area contributed by atoms with Crippen LogP contribution in [0.5, 0.6) is 0 Å². The Labute approximate surface area is 46.9 Å². The SMILES string of the molecule is [2H]C(CNC)N(C)C. The van der Waals surface area contributed by atoms with E-state index in [2.05, 4.69) is 5.32 Å². The Hall–Kier alpha value is -0.0800. The minimum Gasteiger partial charge on any atom is -0.318 e. The van der Waals surface area contributed by atoms with Crippen LogP contribution in [0.4, 0.5) is 0 Å². The van der Waals surface area contributed by atoms with Crippen molar-refractivity contribution in [2.24, 2.45) is 0 Å². The monoisotopic (exact) mass is 103 g/mol. The van der Waals surface area contributed by atoms with Crippen molar-refractivity contribution in [2.75, 3.05) is 34.2 Å². The maximum absolute atomic E-state index is 7.29. The lowest BCUT2D eigenvalue weighted by molar-refractivity contribution is 0.407.